The van der Waals surface area contributed by atoms with Gasteiger partial charge in [0.25, 0.3) is 0 Å². The highest BCUT2D eigenvalue weighted by Gasteiger charge is 2.11. The fourth-order valence-electron chi connectivity index (χ4n) is 1.49. The number of carboxylic acid groups (broad SMARTS) is 1. The second kappa shape index (κ2) is 5.79. The van der Waals surface area contributed by atoms with Gasteiger partial charge in [-0.15, -0.1) is 11.3 Å². The van der Waals surface area contributed by atoms with Crippen LogP contribution in [0.15, 0.2) is 23.6 Å². The summed E-state index contributed by atoms with van der Waals surface area (Å²) >= 11 is 1.55. The van der Waals surface area contributed by atoms with Gasteiger partial charge in [-0.1, -0.05) is 6.92 Å². The molecule has 0 atom stereocenters. The molecule has 0 amide bonds. The molecule has 1 aromatic heterocycles. The molecule has 0 aliphatic rings. The molecule has 0 saturated heterocycles. The van der Waals surface area contributed by atoms with Gasteiger partial charge in [-0.2, -0.15) is 0 Å². The molecule has 4 nitrogen and oxygen atoms in total. The van der Waals surface area contributed by atoms with Crippen molar-refractivity contribution >= 4 is 17.3 Å². The lowest BCUT2D eigenvalue weighted by Gasteiger charge is -2.05. The minimum absolute atomic E-state index is 0.238. The summed E-state index contributed by atoms with van der Waals surface area (Å²) in [5.74, 6) is -1.82. The zero-order chi connectivity index (χ0) is 13.8. The van der Waals surface area contributed by atoms with Crippen LogP contribution < -0.4 is 4.74 Å². The maximum absolute atomic E-state index is 13.4. The Balaban J connectivity index is 2.03. The monoisotopic (exact) mass is 281 g/mol. The minimum Gasteiger partial charge on any atom is -0.487 e. The highest BCUT2D eigenvalue weighted by Crippen LogP contribution is 2.18. The summed E-state index contributed by atoms with van der Waals surface area (Å²) in [7, 11) is 0. The molecule has 0 aliphatic carbocycles. The first kappa shape index (κ1) is 13.5. The third kappa shape index (κ3) is 3.29. The predicted octanol–water partition coefficient (Wildman–Crippen LogP) is 3.12. The number of hydrogen-bond donors (Lipinski definition) is 1. The summed E-state index contributed by atoms with van der Waals surface area (Å²) in [5.41, 5.74) is 0.416. The van der Waals surface area contributed by atoms with Crippen LogP contribution in [0.2, 0.25) is 0 Å². The first-order valence-corrected chi connectivity index (χ1v) is 6.57. The van der Waals surface area contributed by atoms with E-state index in [1.54, 1.807) is 11.3 Å². The van der Waals surface area contributed by atoms with E-state index in [2.05, 4.69) is 4.98 Å². The third-order valence-electron chi connectivity index (χ3n) is 2.46. The Kier molecular flexibility index (Phi) is 4.11. The normalized spacial score (nSPS) is 10.4. The van der Waals surface area contributed by atoms with E-state index in [9.17, 15) is 9.18 Å². The number of nitrogens with zero attached hydrogens (tertiary/aromatic N) is 1. The summed E-state index contributed by atoms with van der Waals surface area (Å²) in [6.45, 7) is 2.26. The SMILES string of the molecule is CCc1nc(COc2ccc(C(=O)O)c(F)c2)cs1. The average Bonchev–Trinajstić information content (AvgIpc) is 2.84. The number of aromatic nitrogens is 1. The minimum atomic E-state index is -1.30. The molecular weight excluding hydrogens is 269 g/mol. The smallest absolute Gasteiger partial charge is 0.338 e. The van der Waals surface area contributed by atoms with Gasteiger partial charge < -0.3 is 9.84 Å². The van der Waals surface area contributed by atoms with E-state index in [0.717, 1.165) is 23.2 Å². The van der Waals surface area contributed by atoms with Crippen molar-refractivity contribution in [1.29, 1.82) is 0 Å². The van der Waals surface area contributed by atoms with Crippen molar-refractivity contribution < 1.29 is 19.0 Å². The van der Waals surface area contributed by atoms with Crippen LogP contribution in [0.25, 0.3) is 0 Å². The Morgan fingerprint density at radius 2 is 2.32 bits per heavy atom. The van der Waals surface area contributed by atoms with E-state index in [-0.39, 0.29) is 17.9 Å². The molecule has 19 heavy (non-hydrogen) atoms. The molecular formula is C13H12FNO3S. The largest absolute Gasteiger partial charge is 0.487 e. The molecule has 2 rings (SSSR count). The number of hydrogen-bond acceptors (Lipinski definition) is 4. The molecule has 0 unspecified atom stereocenters. The lowest BCUT2D eigenvalue weighted by molar-refractivity contribution is 0.0692. The van der Waals surface area contributed by atoms with Crippen LogP contribution in [-0.2, 0) is 13.0 Å². The number of benzene rings is 1. The molecule has 0 radical (unpaired) electrons. The van der Waals surface area contributed by atoms with Crippen LogP contribution in [0.4, 0.5) is 4.39 Å². The van der Waals surface area contributed by atoms with E-state index in [0.29, 0.717) is 0 Å². The number of rotatable bonds is 5. The molecule has 0 spiro atoms. The zero-order valence-electron chi connectivity index (χ0n) is 10.2. The first-order valence-electron chi connectivity index (χ1n) is 5.69. The van der Waals surface area contributed by atoms with Crippen molar-refractivity contribution in [1.82, 2.24) is 4.98 Å². The Hall–Kier alpha value is -1.95. The molecule has 1 aromatic carbocycles. The quantitative estimate of drug-likeness (QED) is 0.914. The molecule has 0 bridgehead atoms. The van der Waals surface area contributed by atoms with Crippen molar-refractivity contribution in [2.45, 2.75) is 20.0 Å². The molecule has 1 heterocycles. The van der Waals surface area contributed by atoms with Gasteiger partial charge in [0.15, 0.2) is 0 Å². The highest BCUT2D eigenvalue weighted by molar-refractivity contribution is 7.09. The van der Waals surface area contributed by atoms with Crippen LogP contribution in [0.3, 0.4) is 0 Å². The van der Waals surface area contributed by atoms with Crippen LogP contribution in [-0.4, -0.2) is 16.1 Å². The van der Waals surface area contributed by atoms with E-state index < -0.39 is 11.8 Å². The van der Waals surface area contributed by atoms with Gasteiger partial charge in [-0.05, 0) is 18.6 Å². The van der Waals surface area contributed by atoms with E-state index >= 15 is 0 Å². The van der Waals surface area contributed by atoms with Gasteiger partial charge >= 0.3 is 5.97 Å². The van der Waals surface area contributed by atoms with Gasteiger partial charge in [-0.25, -0.2) is 14.2 Å². The topological polar surface area (TPSA) is 59.4 Å². The van der Waals surface area contributed by atoms with E-state index in [1.807, 2.05) is 12.3 Å². The van der Waals surface area contributed by atoms with E-state index in [1.165, 1.54) is 12.1 Å². The van der Waals surface area contributed by atoms with Crippen molar-refractivity contribution in [3.05, 3.63) is 45.7 Å². The highest BCUT2D eigenvalue weighted by atomic mass is 32.1. The van der Waals surface area contributed by atoms with Gasteiger partial charge in [0.05, 0.1) is 16.3 Å². The predicted molar refractivity (Wildman–Crippen MR) is 69.2 cm³/mol. The summed E-state index contributed by atoms with van der Waals surface area (Å²) in [5, 5.41) is 11.6. The van der Waals surface area contributed by atoms with E-state index in [4.69, 9.17) is 9.84 Å². The third-order valence-corrected chi connectivity index (χ3v) is 3.50. The standard InChI is InChI=1S/C13H12FNO3S/c1-2-12-15-8(7-19-12)6-18-9-3-4-10(13(16)17)11(14)5-9/h3-5,7H,2,6H2,1H3,(H,16,17). The maximum atomic E-state index is 13.4. The number of carboxylic acids is 1. The van der Waals surface area contributed by atoms with Gasteiger partial charge in [0.2, 0.25) is 0 Å². The van der Waals surface area contributed by atoms with Crippen molar-refractivity contribution in [3.63, 3.8) is 0 Å². The van der Waals surface area contributed by atoms with Gasteiger partial charge in [0, 0.05) is 11.4 Å². The average molecular weight is 281 g/mol. The lowest BCUT2D eigenvalue weighted by Crippen LogP contribution is -2.02. The number of carbonyl (C=O) groups is 1. The lowest BCUT2D eigenvalue weighted by atomic mass is 10.2. The molecule has 2 aromatic rings. The fourth-order valence-corrected chi connectivity index (χ4v) is 2.22. The van der Waals surface area contributed by atoms with Crippen molar-refractivity contribution in [2.24, 2.45) is 0 Å². The fraction of sp³-hybridized carbons (Fsp3) is 0.231. The Labute approximate surface area is 113 Å². The Morgan fingerprint density at radius 1 is 1.53 bits per heavy atom. The van der Waals surface area contributed by atoms with Crippen LogP contribution in [0.1, 0.15) is 28.0 Å². The number of ether oxygens (including phenoxy) is 1. The summed E-state index contributed by atoms with van der Waals surface area (Å²) in [6.07, 6.45) is 0.868. The number of halogens is 1. The van der Waals surface area contributed by atoms with Crippen LogP contribution in [0.5, 0.6) is 5.75 Å². The molecule has 1 N–H and O–H groups in total. The van der Waals surface area contributed by atoms with Crippen LogP contribution >= 0.6 is 11.3 Å². The Morgan fingerprint density at radius 3 is 2.89 bits per heavy atom. The number of aromatic carboxylic acids is 1. The summed E-state index contributed by atoms with van der Waals surface area (Å²) in [4.78, 5) is 15.0. The second-order valence-electron chi connectivity index (χ2n) is 3.82. The molecule has 6 heteroatoms. The molecule has 0 fully saturated rings. The Bertz CT molecular complexity index is 597. The zero-order valence-corrected chi connectivity index (χ0v) is 11.0. The number of thiazole rings is 1. The van der Waals surface area contributed by atoms with Crippen molar-refractivity contribution in [3.8, 4) is 5.75 Å². The molecule has 0 saturated carbocycles. The van der Waals surface area contributed by atoms with Gasteiger partial charge in [-0.3, -0.25) is 0 Å². The van der Waals surface area contributed by atoms with Gasteiger partial charge in [0.1, 0.15) is 18.2 Å². The first-order chi connectivity index (χ1) is 9.10. The molecule has 100 valence electrons. The summed E-state index contributed by atoms with van der Waals surface area (Å²) in [6, 6.07) is 3.68. The second-order valence-corrected chi connectivity index (χ2v) is 4.76. The van der Waals surface area contributed by atoms with Crippen molar-refractivity contribution in [2.75, 3.05) is 0 Å². The van der Waals surface area contributed by atoms with Crippen LogP contribution in [0, 0.1) is 5.82 Å². The summed E-state index contributed by atoms with van der Waals surface area (Å²) < 4.78 is 18.8. The number of aryl methyl sites for hydroxylation is 1. The maximum Gasteiger partial charge on any atom is 0.338 e. The molecule has 0 aliphatic heterocycles.